The molecule has 5 aromatic heterocycles. The molecular formula is C44H37N5OS4. The molecule has 0 atom stereocenters. The Labute approximate surface area is 331 Å². The molecule has 10 heteroatoms. The number of benzene rings is 2. The Morgan fingerprint density at radius 2 is 1.46 bits per heavy atom. The van der Waals surface area contributed by atoms with Gasteiger partial charge < -0.3 is 14.2 Å². The SMILES string of the molecule is CCCCCCc1ccc(-n2c3c4sc(/C=C/C5=C(C#N)C(=C(C#N)C#N)OC5(C)C)cc4sc3c3sc4cc(-c5ccc(N(C)C)cc5)sc4c32)cc1. The number of nitrogens with zero attached hydrogens (tertiary/aromatic N) is 5. The van der Waals surface area contributed by atoms with E-state index in [-0.39, 0.29) is 16.9 Å². The van der Waals surface area contributed by atoms with Gasteiger partial charge in [0.15, 0.2) is 11.3 Å². The zero-order chi connectivity index (χ0) is 37.7. The maximum Gasteiger partial charge on any atom is 0.172 e. The summed E-state index contributed by atoms with van der Waals surface area (Å²) in [7, 11) is 4.14. The summed E-state index contributed by atoms with van der Waals surface area (Å²) in [5, 5.41) is 29.0. The standard InChI is InChI=1S/C44H37N5OS4/c1-6-7-8-9-10-26-11-15-30(16-12-26)49-37-40-35(21-31(51-40)19-20-33-32(25-47)39(28(23-45)24-46)50-44(33,2)3)53-42(37)43-38(49)41-36(54-43)22-34(52-41)27-13-17-29(18-14-27)48(4)5/h11-22H,6-10H2,1-5H3/b20-19+. The maximum absolute atomic E-state index is 10.0. The summed E-state index contributed by atoms with van der Waals surface area (Å²) in [4.78, 5) is 4.46. The first-order valence-corrected chi connectivity index (χ1v) is 21.3. The van der Waals surface area contributed by atoms with Crippen molar-refractivity contribution >= 4 is 96.3 Å². The van der Waals surface area contributed by atoms with Crippen LogP contribution in [0.25, 0.3) is 61.4 Å². The molecule has 0 fully saturated rings. The van der Waals surface area contributed by atoms with Gasteiger partial charge in [0.1, 0.15) is 29.4 Å². The molecule has 0 radical (unpaired) electrons. The molecule has 2 aromatic carbocycles. The first-order chi connectivity index (χ1) is 26.1. The average Bonchev–Trinajstić information content (AvgIpc) is 3.99. The minimum absolute atomic E-state index is 0.0551. The lowest BCUT2D eigenvalue weighted by Gasteiger charge is -2.20. The van der Waals surface area contributed by atoms with E-state index >= 15 is 0 Å². The van der Waals surface area contributed by atoms with Gasteiger partial charge in [-0.05, 0) is 80.3 Å². The fourth-order valence-corrected chi connectivity index (χ4v) is 12.5. The van der Waals surface area contributed by atoms with E-state index in [1.807, 2.05) is 72.1 Å². The van der Waals surface area contributed by atoms with E-state index in [4.69, 9.17) is 4.74 Å². The van der Waals surface area contributed by atoms with Gasteiger partial charge in [0, 0.05) is 50.2 Å². The summed E-state index contributed by atoms with van der Waals surface area (Å²) in [6.45, 7) is 5.96. The Hall–Kier alpha value is -5.15. The summed E-state index contributed by atoms with van der Waals surface area (Å²) in [6.07, 6.45) is 10.0. The lowest BCUT2D eigenvalue weighted by molar-refractivity contribution is 0.0954. The fourth-order valence-electron chi connectivity index (χ4n) is 7.22. The van der Waals surface area contributed by atoms with Crippen LogP contribution in [-0.2, 0) is 11.2 Å². The topological polar surface area (TPSA) is 88.8 Å². The average molecular weight is 780 g/mol. The second-order valence-electron chi connectivity index (χ2n) is 14.2. The van der Waals surface area contributed by atoms with Gasteiger partial charge in [-0.2, -0.15) is 15.8 Å². The quantitative estimate of drug-likeness (QED) is 0.102. The second-order valence-corrected chi connectivity index (χ2v) is 18.5. The number of unbranched alkanes of at least 4 members (excludes halogenated alkanes) is 3. The van der Waals surface area contributed by atoms with E-state index in [1.54, 1.807) is 11.3 Å². The van der Waals surface area contributed by atoms with Gasteiger partial charge in [-0.3, -0.25) is 0 Å². The normalized spacial score (nSPS) is 14.1. The second kappa shape index (κ2) is 14.3. The van der Waals surface area contributed by atoms with Crippen LogP contribution < -0.4 is 4.90 Å². The van der Waals surface area contributed by atoms with Crippen molar-refractivity contribution in [1.29, 1.82) is 15.8 Å². The first-order valence-electron chi connectivity index (χ1n) is 18.0. The van der Waals surface area contributed by atoms with Crippen molar-refractivity contribution in [3.8, 4) is 34.3 Å². The van der Waals surface area contributed by atoms with Crippen molar-refractivity contribution in [3.63, 3.8) is 0 Å². The van der Waals surface area contributed by atoms with E-state index in [0.717, 1.165) is 11.3 Å². The highest BCUT2D eigenvalue weighted by Crippen LogP contribution is 2.53. The number of anilines is 1. The molecule has 0 saturated carbocycles. The number of aromatic nitrogens is 1. The molecule has 0 unspecified atom stereocenters. The molecular weight excluding hydrogens is 743 g/mol. The number of rotatable bonds is 10. The van der Waals surface area contributed by atoms with E-state index in [2.05, 4.69) is 97.2 Å². The van der Waals surface area contributed by atoms with Crippen LogP contribution in [0, 0.1) is 34.0 Å². The molecule has 0 aliphatic carbocycles. The lowest BCUT2D eigenvalue weighted by atomic mass is 9.94. The predicted octanol–water partition coefficient (Wildman–Crippen LogP) is 13.1. The number of hydrogen-bond acceptors (Lipinski definition) is 9. The summed E-state index contributed by atoms with van der Waals surface area (Å²) in [6, 6.07) is 28.5. The smallest absolute Gasteiger partial charge is 0.172 e. The van der Waals surface area contributed by atoms with Gasteiger partial charge in [0.05, 0.1) is 29.8 Å². The van der Waals surface area contributed by atoms with Gasteiger partial charge in [0.25, 0.3) is 0 Å². The molecule has 6 nitrogen and oxygen atoms in total. The highest BCUT2D eigenvalue weighted by Gasteiger charge is 2.38. The molecule has 0 saturated heterocycles. The van der Waals surface area contributed by atoms with Crippen molar-refractivity contribution in [1.82, 2.24) is 4.57 Å². The molecule has 0 N–H and O–H groups in total. The summed E-state index contributed by atoms with van der Waals surface area (Å²) in [5.41, 5.74) is 7.30. The van der Waals surface area contributed by atoms with Crippen LogP contribution in [0.2, 0.25) is 0 Å². The monoisotopic (exact) mass is 779 g/mol. The zero-order valence-corrected chi connectivity index (χ0v) is 34.0. The van der Waals surface area contributed by atoms with Crippen molar-refractivity contribution in [2.24, 2.45) is 0 Å². The molecule has 7 aromatic rings. The van der Waals surface area contributed by atoms with Crippen LogP contribution in [-0.4, -0.2) is 24.3 Å². The molecule has 6 heterocycles. The number of nitriles is 3. The molecule has 1 aliphatic rings. The third kappa shape index (κ3) is 6.12. The summed E-state index contributed by atoms with van der Waals surface area (Å²) in [5.74, 6) is 0.0551. The minimum Gasteiger partial charge on any atom is -0.480 e. The van der Waals surface area contributed by atoms with Gasteiger partial charge in [-0.25, -0.2) is 0 Å². The largest absolute Gasteiger partial charge is 0.480 e. The van der Waals surface area contributed by atoms with Gasteiger partial charge in [-0.1, -0.05) is 56.5 Å². The van der Waals surface area contributed by atoms with Gasteiger partial charge in [0.2, 0.25) is 0 Å². The van der Waals surface area contributed by atoms with Crippen LogP contribution in [0.3, 0.4) is 0 Å². The molecule has 8 rings (SSSR count). The Balaban J connectivity index is 1.26. The highest BCUT2D eigenvalue weighted by atomic mass is 32.1. The number of thiophene rings is 4. The van der Waals surface area contributed by atoms with Crippen LogP contribution in [0.4, 0.5) is 5.69 Å². The maximum atomic E-state index is 10.0. The molecule has 54 heavy (non-hydrogen) atoms. The van der Waals surface area contributed by atoms with E-state index < -0.39 is 5.60 Å². The zero-order valence-electron chi connectivity index (χ0n) is 30.7. The molecule has 0 amide bonds. The Kier molecular flexibility index (Phi) is 9.46. The van der Waals surface area contributed by atoms with Crippen LogP contribution in [0.15, 0.2) is 89.2 Å². The van der Waals surface area contributed by atoms with Crippen LogP contribution >= 0.6 is 45.3 Å². The predicted molar refractivity (Wildman–Crippen MR) is 230 cm³/mol. The van der Waals surface area contributed by atoms with E-state index in [9.17, 15) is 15.8 Å². The van der Waals surface area contributed by atoms with Crippen LogP contribution in [0.5, 0.6) is 0 Å². The summed E-state index contributed by atoms with van der Waals surface area (Å²) >= 11 is 7.35. The van der Waals surface area contributed by atoms with Crippen LogP contribution in [0.1, 0.15) is 56.9 Å². The third-order valence-electron chi connectivity index (χ3n) is 10.0. The summed E-state index contributed by atoms with van der Waals surface area (Å²) < 4.78 is 16.2. The molecule has 268 valence electrons. The fraction of sp³-hybridized carbons (Fsp3) is 0.250. The van der Waals surface area contributed by atoms with E-state index in [0.29, 0.717) is 5.57 Å². The molecule has 0 spiro atoms. The Bertz CT molecular complexity index is 2790. The van der Waals surface area contributed by atoms with Gasteiger partial charge in [-0.15, -0.1) is 45.3 Å². The van der Waals surface area contributed by atoms with E-state index in [1.165, 1.54) is 92.3 Å². The Morgan fingerprint density at radius 1 is 0.796 bits per heavy atom. The number of ether oxygens (including phenoxy) is 1. The molecule has 0 bridgehead atoms. The third-order valence-corrected chi connectivity index (χ3v) is 15.0. The lowest BCUT2D eigenvalue weighted by Crippen LogP contribution is -2.20. The number of allylic oxidation sites excluding steroid dienone is 2. The number of aryl methyl sites for hydroxylation is 1. The number of hydrogen-bond donors (Lipinski definition) is 0. The van der Waals surface area contributed by atoms with Crippen molar-refractivity contribution < 1.29 is 4.74 Å². The highest BCUT2D eigenvalue weighted by molar-refractivity contribution is 7.39. The van der Waals surface area contributed by atoms with Crippen molar-refractivity contribution in [2.45, 2.75) is 58.5 Å². The van der Waals surface area contributed by atoms with Crippen molar-refractivity contribution in [2.75, 3.05) is 19.0 Å². The molecule has 1 aliphatic heterocycles. The van der Waals surface area contributed by atoms with Gasteiger partial charge >= 0.3 is 0 Å². The number of fused-ring (bicyclic) bond motifs is 7. The van der Waals surface area contributed by atoms with Crippen molar-refractivity contribution in [3.05, 3.63) is 99.7 Å². The Morgan fingerprint density at radius 3 is 2.09 bits per heavy atom. The minimum atomic E-state index is -0.863. The first kappa shape index (κ1) is 35.9.